The van der Waals surface area contributed by atoms with Gasteiger partial charge in [-0.15, -0.1) is 0 Å². The SMILES string of the molecule is CCC(CNC)Cc1ccccc1Br. The van der Waals surface area contributed by atoms with E-state index in [0.29, 0.717) is 0 Å². The average Bonchev–Trinajstić information content (AvgIpc) is 2.20. The second-order valence-corrected chi connectivity index (χ2v) is 4.48. The summed E-state index contributed by atoms with van der Waals surface area (Å²) in [5, 5.41) is 3.24. The van der Waals surface area contributed by atoms with Crippen LogP contribution in [0.3, 0.4) is 0 Å². The molecule has 2 heteroatoms. The zero-order valence-electron chi connectivity index (χ0n) is 8.89. The first-order valence-electron chi connectivity index (χ1n) is 5.16. The largest absolute Gasteiger partial charge is 0.319 e. The van der Waals surface area contributed by atoms with Crippen molar-refractivity contribution in [3.63, 3.8) is 0 Å². The molecule has 1 N–H and O–H groups in total. The molecule has 78 valence electrons. The highest BCUT2D eigenvalue weighted by Gasteiger charge is 2.07. The molecule has 1 atom stereocenters. The lowest BCUT2D eigenvalue weighted by Crippen LogP contribution is -2.20. The Morgan fingerprint density at radius 1 is 1.36 bits per heavy atom. The highest BCUT2D eigenvalue weighted by Crippen LogP contribution is 2.20. The van der Waals surface area contributed by atoms with Gasteiger partial charge in [-0.1, -0.05) is 47.5 Å². The van der Waals surface area contributed by atoms with Crippen LogP contribution in [0.25, 0.3) is 0 Å². The molecule has 0 aliphatic heterocycles. The molecule has 0 amide bonds. The highest BCUT2D eigenvalue weighted by atomic mass is 79.9. The predicted molar refractivity (Wildman–Crippen MR) is 65.6 cm³/mol. The lowest BCUT2D eigenvalue weighted by molar-refractivity contribution is 0.480. The van der Waals surface area contributed by atoms with Crippen LogP contribution in [0, 0.1) is 5.92 Å². The van der Waals surface area contributed by atoms with E-state index in [1.165, 1.54) is 16.5 Å². The molecule has 0 fully saturated rings. The van der Waals surface area contributed by atoms with Gasteiger partial charge in [0.05, 0.1) is 0 Å². The molecule has 0 bridgehead atoms. The fourth-order valence-corrected chi connectivity index (χ4v) is 2.07. The summed E-state index contributed by atoms with van der Waals surface area (Å²) >= 11 is 3.58. The Labute approximate surface area is 95.0 Å². The van der Waals surface area contributed by atoms with Crippen molar-refractivity contribution in [2.75, 3.05) is 13.6 Å². The maximum Gasteiger partial charge on any atom is 0.0207 e. The minimum Gasteiger partial charge on any atom is -0.319 e. The number of halogens is 1. The van der Waals surface area contributed by atoms with Crippen LogP contribution in [-0.4, -0.2) is 13.6 Å². The lowest BCUT2D eigenvalue weighted by Gasteiger charge is -2.15. The summed E-state index contributed by atoms with van der Waals surface area (Å²) in [4.78, 5) is 0. The Morgan fingerprint density at radius 2 is 2.07 bits per heavy atom. The molecule has 1 aromatic rings. The zero-order valence-corrected chi connectivity index (χ0v) is 10.5. The quantitative estimate of drug-likeness (QED) is 0.852. The molecule has 0 aliphatic rings. The molecule has 1 rings (SSSR count). The smallest absolute Gasteiger partial charge is 0.0207 e. The molecule has 0 radical (unpaired) electrons. The molecule has 14 heavy (non-hydrogen) atoms. The van der Waals surface area contributed by atoms with E-state index in [2.05, 4.69) is 52.4 Å². The number of rotatable bonds is 5. The Morgan fingerprint density at radius 3 is 2.64 bits per heavy atom. The molecule has 0 aliphatic carbocycles. The van der Waals surface area contributed by atoms with Crippen molar-refractivity contribution in [1.29, 1.82) is 0 Å². The van der Waals surface area contributed by atoms with Crippen molar-refractivity contribution in [2.24, 2.45) is 5.92 Å². The summed E-state index contributed by atoms with van der Waals surface area (Å²) < 4.78 is 1.23. The third kappa shape index (κ3) is 3.43. The molecule has 0 aromatic heterocycles. The van der Waals surface area contributed by atoms with Gasteiger partial charge in [-0.3, -0.25) is 0 Å². The minimum absolute atomic E-state index is 0.735. The van der Waals surface area contributed by atoms with Crippen molar-refractivity contribution in [3.8, 4) is 0 Å². The summed E-state index contributed by atoms with van der Waals surface area (Å²) in [7, 11) is 2.02. The van der Waals surface area contributed by atoms with Gasteiger partial charge in [0, 0.05) is 4.47 Å². The molecule has 0 spiro atoms. The molecule has 1 nitrogen and oxygen atoms in total. The second kappa shape index (κ2) is 6.20. The Kier molecular flexibility index (Phi) is 5.20. The van der Waals surface area contributed by atoms with Crippen LogP contribution in [0.4, 0.5) is 0 Å². The van der Waals surface area contributed by atoms with Crippen molar-refractivity contribution in [1.82, 2.24) is 5.32 Å². The van der Waals surface area contributed by atoms with Crippen molar-refractivity contribution in [3.05, 3.63) is 34.3 Å². The van der Waals surface area contributed by atoms with Gasteiger partial charge in [0.25, 0.3) is 0 Å². The topological polar surface area (TPSA) is 12.0 Å². The molecule has 1 unspecified atom stereocenters. The van der Waals surface area contributed by atoms with E-state index in [0.717, 1.165) is 18.9 Å². The summed E-state index contributed by atoms with van der Waals surface area (Å²) in [5.74, 6) is 0.735. The van der Waals surface area contributed by atoms with E-state index in [1.807, 2.05) is 7.05 Å². The van der Waals surface area contributed by atoms with Crippen molar-refractivity contribution >= 4 is 15.9 Å². The standard InChI is InChI=1S/C12H18BrN/c1-3-10(9-14-2)8-11-6-4-5-7-12(11)13/h4-7,10,14H,3,8-9H2,1-2H3. The summed E-state index contributed by atoms with van der Waals surface area (Å²) in [6.07, 6.45) is 2.38. The van der Waals surface area contributed by atoms with E-state index in [4.69, 9.17) is 0 Å². The summed E-state index contributed by atoms with van der Waals surface area (Å²) in [5.41, 5.74) is 1.41. The first-order chi connectivity index (χ1) is 6.77. The van der Waals surface area contributed by atoms with E-state index >= 15 is 0 Å². The maximum absolute atomic E-state index is 3.58. The normalized spacial score (nSPS) is 12.8. The van der Waals surface area contributed by atoms with Crippen LogP contribution < -0.4 is 5.32 Å². The third-order valence-electron chi connectivity index (χ3n) is 2.54. The Hall–Kier alpha value is -0.340. The van der Waals surface area contributed by atoms with E-state index in [1.54, 1.807) is 0 Å². The Balaban J connectivity index is 2.62. The molecule has 0 saturated heterocycles. The van der Waals surface area contributed by atoms with Gasteiger partial charge in [-0.2, -0.15) is 0 Å². The first-order valence-corrected chi connectivity index (χ1v) is 5.95. The van der Waals surface area contributed by atoms with Crippen LogP contribution in [0.1, 0.15) is 18.9 Å². The van der Waals surface area contributed by atoms with Crippen LogP contribution in [0.2, 0.25) is 0 Å². The number of benzene rings is 1. The van der Waals surface area contributed by atoms with Crippen LogP contribution >= 0.6 is 15.9 Å². The number of hydrogen-bond donors (Lipinski definition) is 1. The van der Waals surface area contributed by atoms with E-state index in [9.17, 15) is 0 Å². The van der Waals surface area contributed by atoms with Crippen LogP contribution in [0.5, 0.6) is 0 Å². The van der Waals surface area contributed by atoms with Crippen LogP contribution in [0.15, 0.2) is 28.7 Å². The zero-order chi connectivity index (χ0) is 10.4. The maximum atomic E-state index is 3.58. The first kappa shape index (κ1) is 11.7. The van der Waals surface area contributed by atoms with Crippen molar-refractivity contribution < 1.29 is 0 Å². The van der Waals surface area contributed by atoms with Gasteiger partial charge in [-0.25, -0.2) is 0 Å². The summed E-state index contributed by atoms with van der Waals surface area (Å²) in [6.45, 7) is 3.34. The van der Waals surface area contributed by atoms with Gasteiger partial charge in [0.2, 0.25) is 0 Å². The number of hydrogen-bond acceptors (Lipinski definition) is 1. The van der Waals surface area contributed by atoms with Gasteiger partial charge < -0.3 is 5.32 Å². The highest BCUT2D eigenvalue weighted by molar-refractivity contribution is 9.10. The minimum atomic E-state index is 0.735. The molecule has 1 aromatic carbocycles. The average molecular weight is 256 g/mol. The molecular weight excluding hydrogens is 238 g/mol. The Bertz CT molecular complexity index is 273. The summed E-state index contributed by atoms with van der Waals surface area (Å²) in [6, 6.07) is 8.47. The van der Waals surface area contributed by atoms with Crippen LogP contribution in [-0.2, 0) is 6.42 Å². The predicted octanol–water partition coefficient (Wildman–Crippen LogP) is 3.24. The fourth-order valence-electron chi connectivity index (χ4n) is 1.62. The molecule has 0 heterocycles. The van der Waals surface area contributed by atoms with Gasteiger partial charge >= 0.3 is 0 Å². The number of nitrogens with one attached hydrogen (secondary N) is 1. The molecular formula is C12H18BrN. The van der Waals surface area contributed by atoms with Gasteiger partial charge in [-0.05, 0) is 37.6 Å². The molecule has 0 saturated carbocycles. The monoisotopic (exact) mass is 255 g/mol. The van der Waals surface area contributed by atoms with Crippen molar-refractivity contribution in [2.45, 2.75) is 19.8 Å². The third-order valence-corrected chi connectivity index (χ3v) is 3.31. The van der Waals surface area contributed by atoms with Gasteiger partial charge in [0.15, 0.2) is 0 Å². The van der Waals surface area contributed by atoms with E-state index < -0.39 is 0 Å². The fraction of sp³-hybridized carbons (Fsp3) is 0.500. The van der Waals surface area contributed by atoms with E-state index in [-0.39, 0.29) is 0 Å². The van der Waals surface area contributed by atoms with Gasteiger partial charge in [0.1, 0.15) is 0 Å². The second-order valence-electron chi connectivity index (χ2n) is 3.63. The lowest BCUT2D eigenvalue weighted by atomic mass is 9.97.